The number of phenolic OH excluding ortho intramolecular Hbond substituents is 1. The molecule has 8 rings (SSSR count). The van der Waals surface area contributed by atoms with Crippen molar-refractivity contribution in [1.82, 2.24) is 0 Å². The zero-order chi connectivity index (χ0) is 39.9. The highest BCUT2D eigenvalue weighted by Gasteiger charge is 2.39. The number of rotatable bonds is 10. The number of benzene rings is 5. The van der Waals surface area contributed by atoms with E-state index in [1.165, 1.54) is 34.3 Å². The molecule has 5 atom stereocenters. The number of allylic oxidation sites excluding steroid dienone is 1. The van der Waals surface area contributed by atoms with E-state index in [0.29, 0.717) is 74.8 Å². The van der Waals surface area contributed by atoms with Gasteiger partial charge in [-0.1, -0.05) is 37.3 Å². The van der Waals surface area contributed by atoms with Gasteiger partial charge in [-0.3, -0.25) is 24.0 Å². The van der Waals surface area contributed by atoms with Crippen LogP contribution in [0.3, 0.4) is 0 Å². The Kier molecular flexibility index (Phi) is 9.08. The third-order valence-corrected chi connectivity index (χ3v) is 12.5. The molecule has 0 bridgehead atoms. The summed E-state index contributed by atoms with van der Waals surface area (Å²) in [7, 11) is 4.24. The molecule has 2 fully saturated rings. The zero-order valence-electron chi connectivity index (χ0n) is 31.9. The van der Waals surface area contributed by atoms with Gasteiger partial charge in [0.25, 0.3) is 0 Å². The maximum absolute atomic E-state index is 15.1. The number of phenols is 1. The van der Waals surface area contributed by atoms with Crippen LogP contribution in [0.5, 0.6) is 23.0 Å². The first-order chi connectivity index (χ1) is 26.8. The number of aromatic hydroxyl groups is 1. The summed E-state index contributed by atoms with van der Waals surface area (Å²) in [5, 5.41) is 41.9. The normalized spacial score (nSPS) is 22.3. The Balaban J connectivity index is 1.63. The number of fused-ring (bicyclic) bond motifs is 1. The minimum Gasteiger partial charge on any atom is -0.505 e. The lowest BCUT2D eigenvalue weighted by Crippen LogP contribution is -2.37. The SMILES string of the molecule is COc1c2c3c4c(c(NC5CCCCC5C(=O)O)c(O)c5c(=O)cc(OC)c(c6c(OC)cc(NC7CCCCC7C(=O)O)c(c1=O)c63)c54)C=C(C)C2C(C)=O. The lowest BCUT2D eigenvalue weighted by atomic mass is 9.80. The molecule has 0 heterocycles. The Morgan fingerprint density at radius 3 is 1.80 bits per heavy atom. The molecule has 2 saturated carbocycles. The smallest absolute Gasteiger partial charge is 0.308 e. The number of aliphatic carboxylic acids is 2. The van der Waals surface area contributed by atoms with E-state index in [9.17, 15) is 34.5 Å². The Morgan fingerprint density at radius 1 is 0.696 bits per heavy atom. The van der Waals surface area contributed by atoms with Gasteiger partial charge in [0.1, 0.15) is 17.3 Å². The fourth-order valence-electron chi connectivity index (χ4n) is 10.1. The largest absolute Gasteiger partial charge is 0.505 e. The Bertz CT molecular complexity index is 2650. The molecule has 13 heteroatoms. The van der Waals surface area contributed by atoms with Crippen LogP contribution in [0, 0.1) is 11.8 Å². The van der Waals surface area contributed by atoms with Crippen molar-refractivity contribution >= 4 is 78.3 Å². The average Bonchev–Trinajstić information content (AvgIpc) is 3.30. The van der Waals surface area contributed by atoms with Crippen molar-refractivity contribution in [3.63, 3.8) is 0 Å². The molecule has 0 amide bonds. The van der Waals surface area contributed by atoms with E-state index >= 15 is 4.79 Å². The molecular formula is C43H44N2O11. The lowest BCUT2D eigenvalue weighted by molar-refractivity contribution is -0.144. The number of hydrogen-bond donors (Lipinski definition) is 5. The van der Waals surface area contributed by atoms with Gasteiger partial charge in [-0.15, -0.1) is 0 Å². The standard InChI is InChI=1S/C43H44N2O11/c1-17-14-21-29-34-31(39(48)38(21)45-23-13-9-7-11-20(23)43(52)53)25(47)16-27(55-4)33(34)32-26(54-3)15-24(44-22-12-8-6-10-19(22)42(50)51)30-36(32)35(29)37(28(17)18(2)46)41(56-5)40(30)49/h14-16,19-20,22-23,28,44-45,48H,6-13H2,1-5H3,(H,50,51)(H,52,53). The molecule has 3 aliphatic rings. The fourth-order valence-corrected chi connectivity index (χ4v) is 10.1. The number of Topliss-reactive ketones (excluding diaryl/α,β-unsaturated/α-hetero) is 1. The molecule has 292 valence electrons. The van der Waals surface area contributed by atoms with Gasteiger partial charge < -0.3 is 40.2 Å². The third kappa shape index (κ3) is 5.30. The molecule has 5 aromatic carbocycles. The summed E-state index contributed by atoms with van der Waals surface area (Å²) < 4.78 is 17.9. The van der Waals surface area contributed by atoms with Crippen LogP contribution < -0.4 is 35.7 Å². The van der Waals surface area contributed by atoms with E-state index in [4.69, 9.17) is 14.2 Å². The predicted octanol–water partition coefficient (Wildman–Crippen LogP) is 6.83. The summed E-state index contributed by atoms with van der Waals surface area (Å²) >= 11 is 0. The molecule has 5 N–H and O–H groups in total. The number of carboxylic acids is 2. The maximum Gasteiger partial charge on any atom is 0.308 e. The van der Waals surface area contributed by atoms with Crippen LogP contribution in [-0.2, 0) is 14.4 Å². The number of ether oxygens (including phenoxy) is 3. The second-order valence-corrected chi connectivity index (χ2v) is 15.5. The van der Waals surface area contributed by atoms with Crippen LogP contribution in [0.2, 0.25) is 0 Å². The summed E-state index contributed by atoms with van der Waals surface area (Å²) in [6, 6.07) is 1.81. The van der Waals surface area contributed by atoms with Gasteiger partial charge in [0.05, 0.1) is 61.2 Å². The van der Waals surface area contributed by atoms with E-state index in [-0.39, 0.29) is 50.8 Å². The van der Waals surface area contributed by atoms with E-state index in [0.717, 1.165) is 25.7 Å². The fraction of sp³-hybridized carbons (Fsp3) is 0.419. The predicted molar refractivity (Wildman–Crippen MR) is 214 cm³/mol. The molecule has 0 saturated heterocycles. The van der Waals surface area contributed by atoms with Gasteiger partial charge in [0, 0.05) is 62.3 Å². The van der Waals surface area contributed by atoms with Crippen LogP contribution in [0.25, 0.3) is 49.2 Å². The van der Waals surface area contributed by atoms with Crippen molar-refractivity contribution in [1.29, 1.82) is 0 Å². The zero-order valence-corrected chi connectivity index (χ0v) is 31.9. The van der Waals surface area contributed by atoms with Gasteiger partial charge in [-0.25, -0.2) is 0 Å². The van der Waals surface area contributed by atoms with Crippen LogP contribution in [0.1, 0.15) is 82.3 Å². The second-order valence-electron chi connectivity index (χ2n) is 15.5. The molecule has 0 radical (unpaired) electrons. The van der Waals surface area contributed by atoms with Crippen LogP contribution in [0.15, 0.2) is 27.3 Å². The lowest BCUT2D eigenvalue weighted by Gasteiger charge is -2.32. The average molecular weight is 765 g/mol. The van der Waals surface area contributed by atoms with Gasteiger partial charge in [-0.05, 0) is 44.9 Å². The van der Waals surface area contributed by atoms with Gasteiger partial charge in [0.15, 0.2) is 16.9 Å². The number of carboxylic acid groups (broad SMARTS) is 2. The topological polar surface area (TPSA) is 198 Å². The van der Waals surface area contributed by atoms with E-state index in [2.05, 4.69) is 10.6 Å². The summed E-state index contributed by atoms with van der Waals surface area (Å²) in [5.41, 5.74) is 0.595. The number of carbonyl (C=O) groups excluding carboxylic acids is 1. The van der Waals surface area contributed by atoms with Crippen LogP contribution in [0.4, 0.5) is 11.4 Å². The highest BCUT2D eigenvalue weighted by atomic mass is 16.5. The number of nitrogens with one attached hydrogen (secondary N) is 2. The van der Waals surface area contributed by atoms with Crippen molar-refractivity contribution in [2.45, 2.75) is 83.2 Å². The molecule has 5 unspecified atom stereocenters. The molecule has 5 aromatic rings. The van der Waals surface area contributed by atoms with E-state index < -0.39 is 52.6 Å². The summed E-state index contributed by atoms with van der Waals surface area (Å²) in [6.07, 6.45) is 6.74. The highest BCUT2D eigenvalue weighted by molar-refractivity contribution is 6.40. The minimum absolute atomic E-state index is 0.0530. The Hall–Kier alpha value is -5.85. The third-order valence-electron chi connectivity index (χ3n) is 12.5. The maximum atomic E-state index is 15.1. The number of carbonyl (C=O) groups is 3. The van der Waals surface area contributed by atoms with Gasteiger partial charge >= 0.3 is 11.9 Å². The monoisotopic (exact) mass is 764 g/mol. The Labute approximate surface area is 320 Å². The first-order valence-corrected chi connectivity index (χ1v) is 19.1. The molecule has 0 aromatic heterocycles. The molecule has 0 aliphatic heterocycles. The van der Waals surface area contributed by atoms with Gasteiger partial charge in [0.2, 0.25) is 5.43 Å². The molecule has 3 aliphatic carbocycles. The van der Waals surface area contributed by atoms with Crippen molar-refractivity contribution < 1.29 is 43.9 Å². The van der Waals surface area contributed by atoms with Crippen molar-refractivity contribution in [3.8, 4) is 23.0 Å². The minimum atomic E-state index is -1.000. The van der Waals surface area contributed by atoms with E-state index in [1.807, 2.05) is 0 Å². The number of methoxy groups -OCH3 is 3. The van der Waals surface area contributed by atoms with Crippen LogP contribution >= 0.6 is 0 Å². The summed E-state index contributed by atoms with van der Waals surface area (Å²) in [4.78, 5) is 68.1. The summed E-state index contributed by atoms with van der Waals surface area (Å²) in [5.74, 6) is -4.72. The molecule has 13 nitrogen and oxygen atoms in total. The number of ketones is 1. The van der Waals surface area contributed by atoms with Crippen molar-refractivity contribution in [3.05, 3.63) is 49.3 Å². The first kappa shape index (κ1) is 37.1. The van der Waals surface area contributed by atoms with Crippen molar-refractivity contribution in [2.24, 2.45) is 11.8 Å². The van der Waals surface area contributed by atoms with Crippen molar-refractivity contribution in [2.75, 3.05) is 32.0 Å². The van der Waals surface area contributed by atoms with E-state index in [1.54, 1.807) is 19.1 Å². The first-order valence-electron chi connectivity index (χ1n) is 19.1. The van der Waals surface area contributed by atoms with Gasteiger partial charge in [-0.2, -0.15) is 0 Å². The molecular weight excluding hydrogens is 720 g/mol. The number of anilines is 2. The quantitative estimate of drug-likeness (QED) is 0.0564. The molecule has 0 spiro atoms. The summed E-state index contributed by atoms with van der Waals surface area (Å²) in [6.45, 7) is 3.18. The second kappa shape index (κ2) is 13.7. The van der Waals surface area contributed by atoms with Crippen LogP contribution in [-0.4, -0.2) is 66.5 Å². The molecule has 56 heavy (non-hydrogen) atoms. The highest BCUT2D eigenvalue weighted by Crippen LogP contribution is 2.57. The number of hydrogen-bond acceptors (Lipinski definition) is 11. The Morgan fingerprint density at radius 2 is 1.25 bits per heavy atom.